The lowest BCUT2D eigenvalue weighted by Crippen LogP contribution is -2.03. The van der Waals surface area contributed by atoms with Gasteiger partial charge in [-0.2, -0.15) is 5.10 Å². The summed E-state index contributed by atoms with van der Waals surface area (Å²) in [7, 11) is 3.41. The molecule has 1 aromatic heterocycles. The lowest BCUT2D eigenvalue weighted by molar-refractivity contribution is 0.177. The maximum absolute atomic E-state index is 10.1. The fourth-order valence-corrected chi connectivity index (χ4v) is 2.04. The van der Waals surface area contributed by atoms with E-state index in [2.05, 4.69) is 5.10 Å². The molecule has 0 radical (unpaired) electrons. The summed E-state index contributed by atoms with van der Waals surface area (Å²) in [6.07, 6.45) is 1.69. The van der Waals surface area contributed by atoms with Gasteiger partial charge in [0.25, 0.3) is 0 Å². The van der Waals surface area contributed by atoms with Crippen molar-refractivity contribution < 1.29 is 9.84 Å². The molecule has 1 N–H and O–H groups in total. The topological polar surface area (TPSA) is 47.3 Å². The highest BCUT2D eigenvalue weighted by Gasteiger charge is 2.12. The number of ether oxygens (including phenoxy) is 1. The Balaban J connectivity index is 2.13. The van der Waals surface area contributed by atoms with Crippen molar-refractivity contribution in [2.45, 2.75) is 12.5 Å². The number of nitrogens with zero attached hydrogens (tertiary/aromatic N) is 2. The Morgan fingerprint density at radius 3 is 2.78 bits per heavy atom. The minimum Gasteiger partial charge on any atom is -0.495 e. The summed E-state index contributed by atoms with van der Waals surface area (Å²) in [6.45, 7) is 0. The second-order valence-electron chi connectivity index (χ2n) is 4.09. The van der Waals surface area contributed by atoms with E-state index in [-0.39, 0.29) is 0 Å². The Morgan fingerprint density at radius 2 is 2.22 bits per heavy atom. The number of benzene rings is 1. The van der Waals surface area contributed by atoms with Crippen molar-refractivity contribution in [3.05, 3.63) is 46.7 Å². The predicted molar refractivity (Wildman–Crippen MR) is 69.9 cm³/mol. The number of aliphatic hydroxyl groups is 1. The third-order valence-corrected chi connectivity index (χ3v) is 3.03. The Bertz CT molecular complexity index is 540. The van der Waals surface area contributed by atoms with Crippen molar-refractivity contribution in [2.75, 3.05) is 7.11 Å². The number of aryl methyl sites for hydroxylation is 1. The molecule has 0 aliphatic rings. The van der Waals surface area contributed by atoms with E-state index in [1.807, 2.05) is 19.3 Å². The Labute approximate surface area is 111 Å². The van der Waals surface area contributed by atoms with Crippen molar-refractivity contribution in [3.63, 3.8) is 0 Å². The molecule has 5 heteroatoms. The number of hydrogen-bond acceptors (Lipinski definition) is 3. The number of rotatable bonds is 4. The van der Waals surface area contributed by atoms with Gasteiger partial charge in [0.2, 0.25) is 0 Å². The van der Waals surface area contributed by atoms with Crippen molar-refractivity contribution in [1.82, 2.24) is 9.78 Å². The van der Waals surface area contributed by atoms with Crippen LogP contribution in [0, 0.1) is 0 Å². The van der Waals surface area contributed by atoms with E-state index < -0.39 is 6.10 Å². The molecule has 0 spiro atoms. The van der Waals surface area contributed by atoms with Crippen LogP contribution >= 0.6 is 11.6 Å². The smallest absolute Gasteiger partial charge is 0.137 e. The molecule has 1 aromatic carbocycles. The number of aromatic nitrogens is 2. The first-order valence-electron chi connectivity index (χ1n) is 5.60. The lowest BCUT2D eigenvalue weighted by Gasteiger charge is -2.11. The van der Waals surface area contributed by atoms with E-state index >= 15 is 0 Å². The van der Waals surface area contributed by atoms with Gasteiger partial charge in [-0.25, -0.2) is 0 Å². The van der Waals surface area contributed by atoms with Crippen LogP contribution in [-0.2, 0) is 13.5 Å². The average Bonchev–Trinajstić information content (AvgIpc) is 2.74. The summed E-state index contributed by atoms with van der Waals surface area (Å²) in [5.74, 6) is 0.602. The first kappa shape index (κ1) is 12.9. The number of methoxy groups -OCH3 is 1. The summed E-state index contributed by atoms with van der Waals surface area (Å²) in [5.41, 5.74) is 1.60. The molecule has 4 nitrogen and oxygen atoms in total. The standard InChI is InChI=1S/C13H15ClN2O2/c1-16-6-5-10(15-16)8-12(17)9-3-4-13(18-2)11(14)7-9/h3-7,12,17H,8H2,1-2H3. The highest BCUT2D eigenvalue weighted by Crippen LogP contribution is 2.28. The first-order chi connectivity index (χ1) is 8.60. The van der Waals surface area contributed by atoms with Crippen LogP contribution in [0.25, 0.3) is 0 Å². The lowest BCUT2D eigenvalue weighted by atomic mass is 10.0. The molecule has 1 unspecified atom stereocenters. The quantitative estimate of drug-likeness (QED) is 0.924. The van der Waals surface area contributed by atoms with Gasteiger partial charge in [-0.1, -0.05) is 17.7 Å². The van der Waals surface area contributed by atoms with E-state index in [4.69, 9.17) is 16.3 Å². The van der Waals surface area contributed by atoms with E-state index in [9.17, 15) is 5.11 Å². The molecule has 1 heterocycles. The van der Waals surface area contributed by atoms with Gasteiger partial charge >= 0.3 is 0 Å². The van der Waals surface area contributed by atoms with E-state index in [1.54, 1.807) is 30.0 Å². The Morgan fingerprint density at radius 1 is 1.44 bits per heavy atom. The number of hydrogen-bond donors (Lipinski definition) is 1. The summed E-state index contributed by atoms with van der Waals surface area (Å²) in [4.78, 5) is 0. The third kappa shape index (κ3) is 2.83. The van der Waals surface area contributed by atoms with Gasteiger partial charge in [-0.05, 0) is 23.8 Å². The molecule has 0 saturated heterocycles. The molecule has 18 heavy (non-hydrogen) atoms. The number of aliphatic hydroxyl groups excluding tert-OH is 1. The van der Waals surface area contributed by atoms with Crippen LogP contribution in [0.1, 0.15) is 17.4 Å². The fraction of sp³-hybridized carbons (Fsp3) is 0.308. The van der Waals surface area contributed by atoms with Crippen molar-refractivity contribution in [1.29, 1.82) is 0 Å². The van der Waals surface area contributed by atoms with Crippen LogP contribution in [0.2, 0.25) is 5.02 Å². The SMILES string of the molecule is COc1ccc(C(O)Cc2ccn(C)n2)cc1Cl. The van der Waals surface area contributed by atoms with Crippen LogP contribution in [0.15, 0.2) is 30.5 Å². The maximum atomic E-state index is 10.1. The van der Waals surface area contributed by atoms with Crippen LogP contribution < -0.4 is 4.74 Å². The minimum atomic E-state index is -0.622. The third-order valence-electron chi connectivity index (χ3n) is 2.73. The zero-order chi connectivity index (χ0) is 13.1. The summed E-state index contributed by atoms with van der Waals surface area (Å²) in [5, 5.41) is 14.8. The second kappa shape index (κ2) is 5.42. The average molecular weight is 267 g/mol. The maximum Gasteiger partial charge on any atom is 0.137 e. The van der Waals surface area contributed by atoms with Gasteiger partial charge in [0.1, 0.15) is 5.75 Å². The molecule has 2 aromatic rings. The Kier molecular flexibility index (Phi) is 3.89. The van der Waals surface area contributed by atoms with Gasteiger partial charge in [0.15, 0.2) is 0 Å². The van der Waals surface area contributed by atoms with Crippen molar-refractivity contribution in [2.24, 2.45) is 7.05 Å². The van der Waals surface area contributed by atoms with Crippen LogP contribution in [0.4, 0.5) is 0 Å². The van der Waals surface area contributed by atoms with Crippen molar-refractivity contribution in [3.8, 4) is 5.75 Å². The molecular weight excluding hydrogens is 252 g/mol. The molecule has 0 saturated carbocycles. The van der Waals surface area contributed by atoms with Gasteiger partial charge in [-0.15, -0.1) is 0 Å². The highest BCUT2D eigenvalue weighted by atomic mass is 35.5. The molecule has 0 fully saturated rings. The molecule has 0 aliphatic carbocycles. The summed E-state index contributed by atoms with van der Waals surface area (Å²) in [6, 6.07) is 7.15. The summed E-state index contributed by atoms with van der Waals surface area (Å²) < 4.78 is 6.78. The van der Waals surface area contributed by atoms with Crippen LogP contribution in [0.3, 0.4) is 0 Å². The van der Waals surface area contributed by atoms with E-state index in [0.717, 1.165) is 11.3 Å². The molecule has 2 rings (SSSR count). The van der Waals surface area contributed by atoms with Crippen molar-refractivity contribution >= 4 is 11.6 Å². The van der Waals surface area contributed by atoms with Crippen LogP contribution in [0.5, 0.6) is 5.75 Å². The second-order valence-corrected chi connectivity index (χ2v) is 4.50. The molecule has 96 valence electrons. The van der Waals surface area contributed by atoms with E-state index in [1.165, 1.54) is 0 Å². The molecular formula is C13H15ClN2O2. The zero-order valence-electron chi connectivity index (χ0n) is 10.3. The van der Waals surface area contributed by atoms with Gasteiger partial charge in [0, 0.05) is 19.7 Å². The van der Waals surface area contributed by atoms with Crippen LogP contribution in [-0.4, -0.2) is 22.0 Å². The Hall–Kier alpha value is -1.52. The number of halogens is 1. The fourth-order valence-electron chi connectivity index (χ4n) is 1.78. The molecule has 0 amide bonds. The van der Waals surface area contributed by atoms with Gasteiger partial charge in [-0.3, -0.25) is 4.68 Å². The highest BCUT2D eigenvalue weighted by molar-refractivity contribution is 6.32. The largest absolute Gasteiger partial charge is 0.495 e. The summed E-state index contributed by atoms with van der Waals surface area (Å²) >= 11 is 6.02. The monoisotopic (exact) mass is 266 g/mol. The first-order valence-corrected chi connectivity index (χ1v) is 5.98. The predicted octanol–water partition coefficient (Wildman–Crippen LogP) is 2.36. The van der Waals surface area contributed by atoms with Gasteiger partial charge in [0.05, 0.1) is 23.9 Å². The normalized spacial score (nSPS) is 12.4. The molecule has 0 aliphatic heterocycles. The molecule has 0 bridgehead atoms. The van der Waals surface area contributed by atoms with E-state index in [0.29, 0.717) is 17.2 Å². The van der Waals surface area contributed by atoms with Gasteiger partial charge < -0.3 is 9.84 Å². The molecule has 1 atom stereocenters. The minimum absolute atomic E-state index is 0.462. The zero-order valence-corrected chi connectivity index (χ0v) is 11.1.